The van der Waals surface area contributed by atoms with Gasteiger partial charge in [-0.15, -0.1) is 0 Å². The lowest BCUT2D eigenvalue weighted by atomic mass is 10.1. The highest BCUT2D eigenvalue weighted by Crippen LogP contribution is 2.12. The molecule has 1 aromatic rings. The quantitative estimate of drug-likeness (QED) is 0.620. The van der Waals surface area contributed by atoms with Crippen LogP contribution in [0.25, 0.3) is 0 Å². The van der Waals surface area contributed by atoms with Crippen LogP contribution in [0.4, 0.5) is 0 Å². The number of aliphatic hydroxyl groups excluding tert-OH is 1. The van der Waals surface area contributed by atoms with Gasteiger partial charge in [0.05, 0.1) is 12.6 Å². The number of aliphatic hydroxyl groups is 1. The summed E-state index contributed by atoms with van der Waals surface area (Å²) < 4.78 is 0. The van der Waals surface area contributed by atoms with E-state index in [-0.39, 0.29) is 12.6 Å². The predicted molar refractivity (Wildman–Crippen MR) is 77.6 cm³/mol. The lowest BCUT2D eigenvalue weighted by Gasteiger charge is -2.16. The van der Waals surface area contributed by atoms with E-state index in [9.17, 15) is 5.11 Å². The molecule has 0 aromatic heterocycles. The molecule has 1 aromatic carbocycles. The van der Waals surface area contributed by atoms with Crippen LogP contribution in [-0.4, -0.2) is 18.3 Å². The number of unbranched alkanes of at least 4 members (excludes halogenated alkanes) is 5. The Morgan fingerprint density at radius 1 is 1.00 bits per heavy atom. The zero-order valence-corrected chi connectivity index (χ0v) is 11.6. The van der Waals surface area contributed by atoms with Crippen molar-refractivity contribution < 1.29 is 5.11 Å². The smallest absolute Gasteiger partial charge is 0.0626 e. The van der Waals surface area contributed by atoms with Gasteiger partial charge in [0, 0.05) is 0 Å². The lowest BCUT2D eigenvalue weighted by molar-refractivity contribution is 0.244. The van der Waals surface area contributed by atoms with Crippen LogP contribution >= 0.6 is 0 Å². The van der Waals surface area contributed by atoms with Gasteiger partial charge in [-0.25, -0.2) is 0 Å². The topological polar surface area (TPSA) is 32.3 Å². The first-order chi connectivity index (χ1) is 8.88. The number of benzene rings is 1. The van der Waals surface area contributed by atoms with E-state index in [4.69, 9.17) is 0 Å². The van der Waals surface area contributed by atoms with Crippen molar-refractivity contribution in [3.8, 4) is 0 Å². The molecular formula is C16H27NO. The van der Waals surface area contributed by atoms with Gasteiger partial charge in [0.1, 0.15) is 0 Å². The maximum atomic E-state index is 9.39. The van der Waals surface area contributed by atoms with Crippen LogP contribution in [0.15, 0.2) is 30.3 Å². The van der Waals surface area contributed by atoms with Gasteiger partial charge >= 0.3 is 0 Å². The number of hydrogen-bond donors (Lipinski definition) is 2. The summed E-state index contributed by atoms with van der Waals surface area (Å²) in [5.74, 6) is 0. The fourth-order valence-corrected chi connectivity index (χ4v) is 2.15. The van der Waals surface area contributed by atoms with Crippen molar-refractivity contribution in [2.45, 2.75) is 51.5 Å². The molecule has 2 nitrogen and oxygen atoms in total. The predicted octanol–water partition coefficient (Wildman–Crippen LogP) is 3.67. The first-order valence-corrected chi connectivity index (χ1v) is 7.27. The molecular weight excluding hydrogens is 222 g/mol. The third-order valence-corrected chi connectivity index (χ3v) is 3.31. The molecule has 0 heterocycles. The lowest BCUT2D eigenvalue weighted by Crippen LogP contribution is -2.25. The second-order valence-electron chi connectivity index (χ2n) is 4.87. The minimum Gasteiger partial charge on any atom is -0.394 e. The van der Waals surface area contributed by atoms with E-state index in [1.54, 1.807) is 0 Å². The van der Waals surface area contributed by atoms with Crippen LogP contribution in [0, 0.1) is 0 Å². The summed E-state index contributed by atoms with van der Waals surface area (Å²) in [6, 6.07) is 10.3. The van der Waals surface area contributed by atoms with Crippen molar-refractivity contribution >= 4 is 0 Å². The van der Waals surface area contributed by atoms with Gasteiger partial charge in [-0.1, -0.05) is 69.4 Å². The maximum absolute atomic E-state index is 9.39. The Morgan fingerprint density at radius 2 is 1.67 bits per heavy atom. The van der Waals surface area contributed by atoms with Crippen LogP contribution in [0.2, 0.25) is 0 Å². The fourth-order valence-electron chi connectivity index (χ4n) is 2.15. The second-order valence-corrected chi connectivity index (χ2v) is 4.87. The summed E-state index contributed by atoms with van der Waals surface area (Å²) in [5, 5.41) is 12.8. The van der Waals surface area contributed by atoms with E-state index in [1.165, 1.54) is 44.1 Å². The van der Waals surface area contributed by atoms with Gasteiger partial charge in [-0.3, -0.25) is 0 Å². The Hall–Kier alpha value is -0.860. The molecule has 2 heteroatoms. The van der Waals surface area contributed by atoms with Gasteiger partial charge in [0.15, 0.2) is 0 Å². The summed E-state index contributed by atoms with van der Waals surface area (Å²) in [6.45, 7) is 3.40. The molecule has 0 aliphatic carbocycles. The standard InChI is InChI=1S/C16H27NO/c1-2-3-4-5-6-10-13-17-16(14-18)15-11-8-7-9-12-15/h7-9,11-12,16-18H,2-6,10,13-14H2,1H3. The number of nitrogens with one attached hydrogen (secondary N) is 1. The SMILES string of the molecule is CCCCCCCCNC(CO)c1ccccc1. The van der Waals surface area contributed by atoms with Gasteiger partial charge in [0.2, 0.25) is 0 Å². The number of hydrogen-bond acceptors (Lipinski definition) is 2. The van der Waals surface area contributed by atoms with Crippen LogP contribution in [0.3, 0.4) is 0 Å². The molecule has 0 aliphatic rings. The first kappa shape index (κ1) is 15.2. The van der Waals surface area contributed by atoms with Crippen molar-refractivity contribution in [1.82, 2.24) is 5.32 Å². The summed E-state index contributed by atoms with van der Waals surface area (Å²) in [6.07, 6.45) is 7.85. The van der Waals surface area contributed by atoms with Crippen LogP contribution < -0.4 is 5.32 Å². The minimum absolute atomic E-state index is 0.0850. The molecule has 1 atom stereocenters. The highest BCUT2D eigenvalue weighted by molar-refractivity contribution is 5.18. The van der Waals surface area contributed by atoms with Crippen molar-refractivity contribution in [2.24, 2.45) is 0 Å². The normalized spacial score (nSPS) is 12.6. The van der Waals surface area contributed by atoms with Crippen molar-refractivity contribution in [3.63, 3.8) is 0 Å². The van der Waals surface area contributed by atoms with Gasteiger partial charge in [-0.05, 0) is 18.5 Å². The molecule has 0 saturated heterocycles. The van der Waals surface area contributed by atoms with E-state index >= 15 is 0 Å². The molecule has 102 valence electrons. The number of rotatable bonds is 10. The Labute approximate surface area is 111 Å². The molecule has 2 N–H and O–H groups in total. The van der Waals surface area contributed by atoms with Crippen LogP contribution in [0.5, 0.6) is 0 Å². The molecule has 0 radical (unpaired) electrons. The highest BCUT2D eigenvalue weighted by atomic mass is 16.3. The van der Waals surface area contributed by atoms with E-state index in [2.05, 4.69) is 24.4 Å². The molecule has 18 heavy (non-hydrogen) atoms. The maximum Gasteiger partial charge on any atom is 0.0626 e. The van der Waals surface area contributed by atoms with Crippen LogP contribution in [-0.2, 0) is 0 Å². The molecule has 1 rings (SSSR count). The molecule has 0 aliphatic heterocycles. The zero-order chi connectivity index (χ0) is 13.1. The summed E-state index contributed by atoms with van der Waals surface area (Å²) in [7, 11) is 0. The Bertz CT molecular complexity index is 286. The largest absolute Gasteiger partial charge is 0.394 e. The minimum atomic E-state index is 0.0850. The first-order valence-electron chi connectivity index (χ1n) is 7.27. The van der Waals surface area contributed by atoms with E-state index in [1.807, 2.05) is 18.2 Å². The third-order valence-electron chi connectivity index (χ3n) is 3.31. The van der Waals surface area contributed by atoms with Gasteiger partial charge in [-0.2, -0.15) is 0 Å². The molecule has 0 spiro atoms. The average Bonchev–Trinajstić information content (AvgIpc) is 2.43. The molecule has 0 amide bonds. The molecule has 0 fully saturated rings. The zero-order valence-electron chi connectivity index (χ0n) is 11.6. The van der Waals surface area contributed by atoms with E-state index in [0.29, 0.717) is 0 Å². The Kier molecular flexibility index (Phi) is 8.53. The Balaban J connectivity index is 2.13. The van der Waals surface area contributed by atoms with Crippen LogP contribution in [0.1, 0.15) is 57.1 Å². The summed E-state index contributed by atoms with van der Waals surface area (Å²) >= 11 is 0. The molecule has 0 bridgehead atoms. The monoisotopic (exact) mass is 249 g/mol. The fraction of sp³-hybridized carbons (Fsp3) is 0.625. The van der Waals surface area contributed by atoms with E-state index in [0.717, 1.165) is 6.54 Å². The summed E-state index contributed by atoms with van der Waals surface area (Å²) in [5.41, 5.74) is 1.17. The Morgan fingerprint density at radius 3 is 2.33 bits per heavy atom. The van der Waals surface area contributed by atoms with Gasteiger partial charge < -0.3 is 10.4 Å². The third kappa shape index (κ3) is 6.18. The summed E-state index contributed by atoms with van der Waals surface area (Å²) in [4.78, 5) is 0. The van der Waals surface area contributed by atoms with E-state index < -0.39 is 0 Å². The van der Waals surface area contributed by atoms with Crippen molar-refractivity contribution in [3.05, 3.63) is 35.9 Å². The average molecular weight is 249 g/mol. The second kappa shape index (κ2) is 10.1. The van der Waals surface area contributed by atoms with Crippen molar-refractivity contribution in [1.29, 1.82) is 0 Å². The highest BCUT2D eigenvalue weighted by Gasteiger charge is 2.07. The van der Waals surface area contributed by atoms with Crippen molar-refractivity contribution in [2.75, 3.05) is 13.2 Å². The molecule has 0 saturated carbocycles. The molecule has 1 unspecified atom stereocenters. The van der Waals surface area contributed by atoms with Gasteiger partial charge in [0.25, 0.3) is 0 Å².